The van der Waals surface area contributed by atoms with Crippen LogP contribution in [-0.2, 0) is 6.54 Å². The first-order valence-electron chi connectivity index (χ1n) is 6.88. The molecule has 0 spiro atoms. The minimum absolute atomic E-state index is 0.0815. The van der Waals surface area contributed by atoms with Crippen LogP contribution in [0.2, 0.25) is 0 Å². The van der Waals surface area contributed by atoms with Crippen molar-refractivity contribution in [3.05, 3.63) is 34.9 Å². The molecular formula is C16H28N2. The normalized spacial score (nSPS) is 12.2. The molecule has 0 bridgehead atoms. The number of nitrogens with two attached hydrogens (primary N) is 1. The lowest BCUT2D eigenvalue weighted by atomic mass is 9.97. The highest BCUT2D eigenvalue weighted by Crippen LogP contribution is 2.18. The molecule has 0 heterocycles. The van der Waals surface area contributed by atoms with Crippen molar-refractivity contribution in [1.29, 1.82) is 0 Å². The second kappa shape index (κ2) is 6.35. The van der Waals surface area contributed by atoms with Gasteiger partial charge in [0, 0.05) is 12.1 Å². The molecule has 0 aliphatic heterocycles. The topological polar surface area (TPSA) is 38.0 Å². The van der Waals surface area contributed by atoms with Gasteiger partial charge in [0.15, 0.2) is 0 Å². The van der Waals surface area contributed by atoms with Gasteiger partial charge in [-0.3, -0.25) is 0 Å². The highest BCUT2D eigenvalue weighted by Gasteiger charge is 2.09. The Balaban J connectivity index is 2.54. The zero-order valence-electron chi connectivity index (χ0n) is 12.5. The van der Waals surface area contributed by atoms with Gasteiger partial charge in [0.2, 0.25) is 0 Å². The van der Waals surface area contributed by atoms with Crippen LogP contribution in [0.1, 0.15) is 56.7 Å². The van der Waals surface area contributed by atoms with Crippen LogP contribution >= 0.6 is 0 Å². The standard InChI is InChI=1S/C16H28N2/c1-12(2)14-7-6-13(3)15(10-14)11-18-9-8-16(4,5)17/h6-7,10,12,18H,8-9,11,17H2,1-5H3. The van der Waals surface area contributed by atoms with E-state index in [2.05, 4.69) is 58.1 Å². The number of hydrogen-bond acceptors (Lipinski definition) is 2. The molecule has 0 aromatic heterocycles. The second-order valence-electron chi connectivity index (χ2n) is 6.26. The number of nitrogens with one attached hydrogen (secondary N) is 1. The Kier molecular flexibility index (Phi) is 5.36. The maximum Gasteiger partial charge on any atom is 0.0208 e. The smallest absolute Gasteiger partial charge is 0.0208 e. The van der Waals surface area contributed by atoms with Crippen molar-refractivity contribution in [2.24, 2.45) is 5.73 Å². The van der Waals surface area contributed by atoms with Crippen LogP contribution in [0, 0.1) is 6.92 Å². The van der Waals surface area contributed by atoms with E-state index in [1.807, 2.05) is 0 Å². The lowest BCUT2D eigenvalue weighted by Gasteiger charge is -2.19. The van der Waals surface area contributed by atoms with Gasteiger partial charge in [-0.1, -0.05) is 32.0 Å². The number of hydrogen-bond donors (Lipinski definition) is 2. The first-order valence-corrected chi connectivity index (χ1v) is 6.88. The van der Waals surface area contributed by atoms with Crippen LogP contribution in [0.15, 0.2) is 18.2 Å². The third kappa shape index (κ3) is 5.19. The van der Waals surface area contributed by atoms with Gasteiger partial charge in [0.05, 0.1) is 0 Å². The molecule has 0 radical (unpaired) electrons. The van der Waals surface area contributed by atoms with Gasteiger partial charge >= 0.3 is 0 Å². The molecule has 3 N–H and O–H groups in total. The fourth-order valence-electron chi connectivity index (χ4n) is 1.87. The lowest BCUT2D eigenvalue weighted by molar-refractivity contribution is 0.455. The maximum absolute atomic E-state index is 5.97. The molecular weight excluding hydrogens is 220 g/mol. The summed E-state index contributed by atoms with van der Waals surface area (Å²) in [6, 6.07) is 6.77. The summed E-state index contributed by atoms with van der Waals surface area (Å²) in [5.74, 6) is 0.590. The highest BCUT2D eigenvalue weighted by atomic mass is 14.9. The van der Waals surface area contributed by atoms with Crippen molar-refractivity contribution >= 4 is 0 Å². The summed E-state index contributed by atoms with van der Waals surface area (Å²) in [5.41, 5.74) is 10.1. The average molecular weight is 248 g/mol. The molecule has 2 heteroatoms. The van der Waals surface area contributed by atoms with Gasteiger partial charge < -0.3 is 11.1 Å². The van der Waals surface area contributed by atoms with Crippen LogP contribution in [0.25, 0.3) is 0 Å². The molecule has 0 saturated carbocycles. The van der Waals surface area contributed by atoms with Crippen molar-refractivity contribution in [2.45, 2.75) is 59.0 Å². The Bertz CT molecular complexity index is 375. The lowest BCUT2D eigenvalue weighted by Crippen LogP contribution is -2.35. The molecule has 0 saturated heterocycles. The average Bonchev–Trinajstić information content (AvgIpc) is 2.24. The zero-order valence-corrected chi connectivity index (χ0v) is 12.5. The Morgan fingerprint density at radius 2 is 1.94 bits per heavy atom. The SMILES string of the molecule is Cc1ccc(C(C)C)cc1CNCCC(C)(C)N. The molecule has 0 atom stereocenters. The van der Waals surface area contributed by atoms with E-state index in [0.717, 1.165) is 19.5 Å². The van der Waals surface area contributed by atoms with Crippen molar-refractivity contribution in [3.63, 3.8) is 0 Å². The van der Waals surface area contributed by atoms with E-state index in [1.54, 1.807) is 0 Å². The summed E-state index contributed by atoms with van der Waals surface area (Å²) in [4.78, 5) is 0. The summed E-state index contributed by atoms with van der Waals surface area (Å²) in [6.07, 6.45) is 0.996. The Morgan fingerprint density at radius 3 is 2.50 bits per heavy atom. The Morgan fingerprint density at radius 1 is 1.28 bits per heavy atom. The van der Waals surface area contributed by atoms with Gasteiger partial charge in [-0.15, -0.1) is 0 Å². The van der Waals surface area contributed by atoms with Crippen molar-refractivity contribution < 1.29 is 0 Å². The van der Waals surface area contributed by atoms with Gasteiger partial charge in [0.25, 0.3) is 0 Å². The van der Waals surface area contributed by atoms with Crippen molar-refractivity contribution in [3.8, 4) is 0 Å². The molecule has 0 unspecified atom stereocenters. The largest absolute Gasteiger partial charge is 0.326 e. The quantitative estimate of drug-likeness (QED) is 0.758. The molecule has 18 heavy (non-hydrogen) atoms. The fraction of sp³-hybridized carbons (Fsp3) is 0.625. The molecule has 1 rings (SSSR count). The second-order valence-corrected chi connectivity index (χ2v) is 6.26. The Labute approximate surface area is 112 Å². The minimum atomic E-state index is -0.0815. The molecule has 0 amide bonds. The highest BCUT2D eigenvalue weighted by molar-refractivity contribution is 5.32. The first-order chi connectivity index (χ1) is 8.29. The fourth-order valence-corrected chi connectivity index (χ4v) is 1.87. The Hall–Kier alpha value is -0.860. The predicted octanol–water partition coefficient (Wildman–Crippen LogP) is 3.34. The van der Waals surface area contributed by atoms with E-state index in [0.29, 0.717) is 5.92 Å². The van der Waals surface area contributed by atoms with Gasteiger partial charge in [-0.25, -0.2) is 0 Å². The van der Waals surface area contributed by atoms with Crippen LogP contribution in [0.4, 0.5) is 0 Å². The van der Waals surface area contributed by atoms with Crippen LogP contribution < -0.4 is 11.1 Å². The zero-order chi connectivity index (χ0) is 13.8. The first kappa shape index (κ1) is 15.2. The summed E-state index contributed by atoms with van der Waals surface area (Å²) in [5, 5.41) is 3.49. The molecule has 2 nitrogen and oxygen atoms in total. The van der Waals surface area contributed by atoms with Crippen molar-refractivity contribution in [1.82, 2.24) is 5.32 Å². The molecule has 1 aromatic rings. The van der Waals surface area contributed by atoms with Crippen LogP contribution in [-0.4, -0.2) is 12.1 Å². The van der Waals surface area contributed by atoms with Gasteiger partial charge in [0.1, 0.15) is 0 Å². The van der Waals surface area contributed by atoms with E-state index in [-0.39, 0.29) is 5.54 Å². The van der Waals surface area contributed by atoms with E-state index < -0.39 is 0 Å². The predicted molar refractivity (Wildman–Crippen MR) is 79.9 cm³/mol. The van der Waals surface area contributed by atoms with E-state index in [4.69, 9.17) is 5.73 Å². The van der Waals surface area contributed by atoms with E-state index >= 15 is 0 Å². The number of aryl methyl sites for hydroxylation is 1. The monoisotopic (exact) mass is 248 g/mol. The molecule has 0 fully saturated rings. The maximum atomic E-state index is 5.97. The van der Waals surface area contributed by atoms with Gasteiger partial charge in [-0.05, 0) is 56.3 Å². The molecule has 102 valence electrons. The summed E-state index contributed by atoms with van der Waals surface area (Å²) >= 11 is 0. The third-order valence-corrected chi connectivity index (χ3v) is 3.30. The summed E-state index contributed by atoms with van der Waals surface area (Å²) in [7, 11) is 0. The molecule has 0 aliphatic rings. The van der Waals surface area contributed by atoms with Gasteiger partial charge in [-0.2, -0.15) is 0 Å². The minimum Gasteiger partial charge on any atom is -0.326 e. The van der Waals surface area contributed by atoms with E-state index in [9.17, 15) is 0 Å². The van der Waals surface area contributed by atoms with Crippen LogP contribution in [0.5, 0.6) is 0 Å². The van der Waals surface area contributed by atoms with Crippen molar-refractivity contribution in [2.75, 3.05) is 6.54 Å². The molecule has 0 aliphatic carbocycles. The molecule has 1 aromatic carbocycles. The van der Waals surface area contributed by atoms with E-state index in [1.165, 1.54) is 16.7 Å². The summed E-state index contributed by atoms with van der Waals surface area (Å²) < 4.78 is 0. The number of benzene rings is 1. The third-order valence-electron chi connectivity index (χ3n) is 3.30. The van der Waals surface area contributed by atoms with Crippen LogP contribution in [0.3, 0.4) is 0 Å². The summed E-state index contributed by atoms with van der Waals surface area (Å²) in [6.45, 7) is 12.7. The number of rotatable bonds is 6.